The molecule has 3 aliphatic heterocycles. The van der Waals surface area contributed by atoms with Crippen LogP contribution in [0.2, 0.25) is 0 Å². The zero-order valence-electron chi connectivity index (χ0n) is 19.6. The minimum atomic E-state index is -0.271. The lowest BCUT2D eigenvalue weighted by molar-refractivity contribution is 0.102. The van der Waals surface area contributed by atoms with Crippen molar-refractivity contribution in [3.8, 4) is 0 Å². The predicted molar refractivity (Wildman–Crippen MR) is 140 cm³/mol. The van der Waals surface area contributed by atoms with Crippen molar-refractivity contribution in [3.63, 3.8) is 0 Å². The van der Waals surface area contributed by atoms with Crippen LogP contribution in [0.4, 0.5) is 5.69 Å². The SMILES string of the molecule is CN1CCN(CC2=CSC3=NC(c4ccccc4NC(=O)c4cnc5ccccc5n4)CN23)CC1. The average Bonchev–Trinajstić information content (AvgIpc) is 3.47. The van der Waals surface area contributed by atoms with Crippen LogP contribution in [0.1, 0.15) is 22.1 Å². The number of aromatic nitrogens is 2. The highest BCUT2D eigenvalue weighted by Crippen LogP contribution is 2.39. The quantitative estimate of drug-likeness (QED) is 0.593. The summed E-state index contributed by atoms with van der Waals surface area (Å²) in [6.07, 6.45) is 1.53. The summed E-state index contributed by atoms with van der Waals surface area (Å²) in [5.41, 5.74) is 4.85. The lowest BCUT2D eigenvalue weighted by Crippen LogP contribution is -2.46. The van der Waals surface area contributed by atoms with Crippen molar-refractivity contribution in [2.75, 3.05) is 51.6 Å². The first-order valence-corrected chi connectivity index (χ1v) is 12.8. The number of likely N-dealkylation sites (N-methyl/N-ethyl adjacent to an activating group) is 1. The van der Waals surface area contributed by atoms with Crippen LogP contribution in [-0.2, 0) is 0 Å². The summed E-state index contributed by atoms with van der Waals surface area (Å²) in [7, 11) is 2.18. The van der Waals surface area contributed by atoms with Crippen LogP contribution < -0.4 is 5.32 Å². The van der Waals surface area contributed by atoms with Gasteiger partial charge in [0.05, 0.1) is 29.8 Å². The number of anilines is 1. The number of thioether (sulfide) groups is 1. The molecule has 1 atom stereocenters. The summed E-state index contributed by atoms with van der Waals surface area (Å²) < 4.78 is 0. The Bertz CT molecular complexity index is 1330. The van der Waals surface area contributed by atoms with Gasteiger partial charge < -0.3 is 15.1 Å². The Morgan fingerprint density at radius 3 is 2.69 bits per heavy atom. The fourth-order valence-corrected chi connectivity index (χ4v) is 5.64. The molecule has 0 radical (unpaired) electrons. The molecule has 1 unspecified atom stereocenters. The highest BCUT2D eigenvalue weighted by atomic mass is 32.2. The van der Waals surface area contributed by atoms with Gasteiger partial charge >= 0.3 is 0 Å². The van der Waals surface area contributed by atoms with Crippen LogP contribution in [-0.4, -0.2) is 82.1 Å². The largest absolute Gasteiger partial charge is 0.320 e. The minimum absolute atomic E-state index is 0.0344. The van der Waals surface area contributed by atoms with Crippen molar-refractivity contribution in [3.05, 3.63) is 77.1 Å². The van der Waals surface area contributed by atoms with E-state index in [9.17, 15) is 4.79 Å². The first-order chi connectivity index (χ1) is 17.1. The van der Waals surface area contributed by atoms with Gasteiger partial charge in [0.1, 0.15) is 5.69 Å². The molecule has 0 bridgehead atoms. The number of nitrogens with zero attached hydrogens (tertiary/aromatic N) is 6. The fraction of sp³-hybridized carbons (Fsp3) is 0.308. The monoisotopic (exact) mass is 485 g/mol. The molecule has 1 N–H and O–H groups in total. The molecule has 0 spiro atoms. The van der Waals surface area contributed by atoms with Gasteiger partial charge in [-0.2, -0.15) is 0 Å². The molecule has 35 heavy (non-hydrogen) atoms. The van der Waals surface area contributed by atoms with Crippen molar-refractivity contribution in [1.82, 2.24) is 24.7 Å². The van der Waals surface area contributed by atoms with Gasteiger partial charge in [0.2, 0.25) is 0 Å². The van der Waals surface area contributed by atoms with Crippen molar-refractivity contribution < 1.29 is 4.79 Å². The van der Waals surface area contributed by atoms with Crippen LogP contribution in [0.3, 0.4) is 0 Å². The zero-order valence-corrected chi connectivity index (χ0v) is 20.4. The number of carbonyl (C=O) groups is 1. The van der Waals surface area contributed by atoms with Gasteiger partial charge in [-0.1, -0.05) is 42.1 Å². The number of aliphatic imine (C=N–C) groups is 1. The first kappa shape index (κ1) is 22.2. The summed E-state index contributed by atoms with van der Waals surface area (Å²) in [6.45, 7) is 6.14. The van der Waals surface area contributed by atoms with Gasteiger partial charge in [-0.15, -0.1) is 0 Å². The molecule has 0 aliphatic carbocycles. The normalized spacial score (nSPS) is 20.6. The van der Waals surface area contributed by atoms with Crippen LogP contribution in [0.5, 0.6) is 0 Å². The maximum atomic E-state index is 13.0. The van der Waals surface area contributed by atoms with Crippen LogP contribution in [0, 0.1) is 0 Å². The topological polar surface area (TPSA) is 77.0 Å². The molecule has 3 aromatic rings. The molecule has 3 aliphatic rings. The first-order valence-electron chi connectivity index (χ1n) is 11.9. The molecule has 2 aromatic carbocycles. The minimum Gasteiger partial charge on any atom is -0.320 e. The van der Waals surface area contributed by atoms with Gasteiger partial charge in [0, 0.05) is 49.7 Å². The number of nitrogens with one attached hydrogen (secondary N) is 1. The van der Waals surface area contributed by atoms with E-state index >= 15 is 0 Å². The molecule has 178 valence electrons. The molecular formula is C26H27N7OS. The zero-order chi connectivity index (χ0) is 23.8. The van der Waals surface area contributed by atoms with Crippen LogP contribution in [0.25, 0.3) is 11.0 Å². The number of rotatable bonds is 5. The van der Waals surface area contributed by atoms with E-state index in [-0.39, 0.29) is 11.9 Å². The molecule has 1 fully saturated rings. The molecule has 4 heterocycles. The number of fused-ring (bicyclic) bond motifs is 2. The van der Waals surface area contributed by atoms with E-state index in [1.807, 2.05) is 48.5 Å². The summed E-state index contributed by atoms with van der Waals surface area (Å²) in [6, 6.07) is 15.4. The van der Waals surface area contributed by atoms with Crippen molar-refractivity contribution in [2.24, 2.45) is 4.99 Å². The van der Waals surface area contributed by atoms with E-state index in [1.165, 1.54) is 11.9 Å². The molecule has 0 saturated carbocycles. The third-order valence-corrected chi connectivity index (χ3v) is 7.66. The Hall–Kier alpha value is -3.27. The van der Waals surface area contributed by atoms with Crippen molar-refractivity contribution in [2.45, 2.75) is 6.04 Å². The average molecular weight is 486 g/mol. The number of para-hydroxylation sites is 3. The molecular weight excluding hydrogens is 458 g/mol. The maximum Gasteiger partial charge on any atom is 0.275 e. The summed E-state index contributed by atoms with van der Waals surface area (Å²) >= 11 is 1.70. The van der Waals surface area contributed by atoms with E-state index in [1.54, 1.807) is 11.8 Å². The Kier molecular flexibility index (Phi) is 5.97. The van der Waals surface area contributed by atoms with E-state index in [0.717, 1.165) is 61.2 Å². The number of piperazine rings is 1. The second-order valence-corrected chi connectivity index (χ2v) is 9.97. The standard InChI is InChI=1S/C26H27N7OS/c1-31-10-12-32(13-11-31)15-18-17-35-26-30-24(16-33(18)26)19-6-2-3-7-20(19)29-25(34)23-14-27-21-8-4-5-9-22(21)28-23/h2-9,14,17,24H,10-13,15-16H2,1H3,(H,29,34). The maximum absolute atomic E-state index is 13.0. The highest BCUT2D eigenvalue weighted by Gasteiger charge is 2.34. The predicted octanol–water partition coefficient (Wildman–Crippen LogP) is 3.43. The Morgan fingerprint density at radius 2 is 1.83 bits per heavy atom. The molecule has 9 heteroatoms. The lowest BCUT2D eigenvalue weighted by Gasteiger charge is -2.33. The number of amidine groups is 1. The van der Waals surface area contributed by atoms with E-state index in [4.69, 9.17) is 4.99 Å². The van der Waals surface area contributed by atoms with Gasteiger partial charge in [-0.25, -0.2) is 4.98 Å². The van der Waals surface area contributed by atoms with Crippen molar-refractivity contribution >= 4 is 39.6 Å². The van der Waals surface area contributed by atoms with E-state index < -0.39 is 0 Å². The summed E-state index contributed by atoms with van der Waals surface area (Å²) in [5, 5.41) is 6.33. The molecule has 1 amide bonds. The van der Waals surface area contributed by atoms with Crippen LogP contribution in [0.15, 0.2) is 70.8 Å². The van der Waals surface area contributed by atoms with Gasteiger partial charge in [0.15, 0.2) is 5.17 Å². The van der Waals surface area contributed by atoms with Gasteiger partial charge in [-0.3, -0.25) is 19.7 Å². The second kappa shape index (κ2) is 9.41. The Labute approximate surface area is 208 Å². The van der Waals surface area contributed by atoms with Crippen LogP contribution >= 0.6 is 11.8 Å². The third kappa shape index (κ3) is 4.54. The number of carbonyl (C=O) groups excluding carboxylic acids is 1. The third-order valence-electron chi connectivity index (χ3n) is 6.73. The van der Waals surface area contributed by atoms with Gasteiger partial charge in [0.25, 0.3) is 5.91 Å². The van der Waals surface area contributed by atoms with E-state index in [0.29, 0.717) is 11.2 Å². The number of hydrogen-bond donors (Lipinski definition) is 1. The number of hydrogen-bond acceptors (Lipinski definition) is 8. The Morgan fingerprint density at radius 1 is 1.06 bits per heavy atom. The molecule has 6 rings (SSSR count). The Balaban J connectivity index is 1.16. The lowest BCUT2D eigenvalue weighted by atomic mass is 10.0. The fourth-order valence-electron chi connectivity index (χ4n) is 4.69. The highest BCUT2D eigenvalue weighted by molar-refractivity contribution is 8.16. The second-order valence-electron chi connectivity index (χ2n) is 9.13. The smallest absolute Gasteiger partial charge is 0.275 e. The summed E-state index contributed by atoms with van der Waals surface area (Å²) in [4.78, 5) is 34.1. The number of amides is 1. The summed E-state index contributed by atoms with van der Waals surface area (Å²) in [5.74, 6) is -0.271. The molecule has 8 nitrogen and oxygen atoms in total. The molecule has 1 saturated heterocycles. The van der Waals surface area contributed by atoms with Gasteiger partial charge in [-0.05, 0) is 30.7 Å². The molecule has 1 aromatic heterocycles. The van der Waals surface area contributed by atoms with E-state index in [2.05, 4.69) is 42.4 Å². The number of benzene rings is 2. The van der Waals surface area contributed by atoms with Crippen molar-refractivity contribution in [1.29, 1.82) is 0 Å².